The SMILES string of the molecule is C=C(OC)c1c(C)nc(-c2c(C)cc(C)cc2C)nc1Cl. The van der Waals surface area contributed by atoms with E-state index in [-0.39, 0.29) is 0 Å². The lowest BCUT2D eigenvalue weighted by Gasteiger charge is -2.14. The van der Waals surface area contributed by atoms with E-state index < -0.39 is 0 Å². The van der Waals surface area contributed by atoms with Gasteiger partial charge in [0.15, 0.2) is 5.82 Å². The molecule has 0 radical (unpaired) electrons. The van der Waals surface area contributed by atoms with Crippen LogP contribution < -0.4 is 0 Å². The lowest BCUT2D eigenvalue weighted by molar-refractivity contribution is 0.370. The summed E-state index contributed by atoms with van der Waals surface area (Å²) in [5.74, 6) is 1.11. The van der Waals surface area contributed by atoms with Crippen LogP contribution in [0, 0.1) is 27.7 Å². The van der Waals surface area contributed by atoms with Crippen molar-refractivity contribution < 1.29 is 4.74 Å². The fourth-order valence-electron chi connectivity index (χ4n) is 2.60. The number of hydrogen-bond acceptors (Lipinski definition) is 3. The van der Waals surface area contributed by atoms with Crippen LogP contribution in [0.1, 0.15) is 27.9 Å². The van der Waals surface area contributed by atoms with Crippen LogP contribution in [-0.2, 0) is 4.74 Å². The van der Waals surface area contributed by atoms with Crippen molar-refractivity contribution in [3.63, 3.8) is 0 Å². The van der Waals surface area contributed by atoms with Gasteiger partial charge in [0, 0.05) is 5.56 Å². The van der Waals surface area contributed by atoms with E-state index in [1.807, 2.05) is 6.92 Å². The zero-order valence-corrected chi connectivity index (χ0v) is 13.8. The molecule has 2 rings (SSSR count). The minimum Gasteiger partial charge on any atom is -0.497 e. The van der Waals surface area contributed by atoms with E-state index in [0.29, 0.717) is 22.3 Å². The first-order valence-corrected chi connectivity index (χ1v) is 7.08. The summed E-state index contributed by atoms with van der Waals surface area (Å²) in [6, 6.07) is 4.24. The molecule has 0 atom stereocenters. The van der Waals surface area contributed by atoms with Crippen LogP contribution in [0.2, 0.25) is 5.15 Å². The Morgan fingerprint density at radius 3 is 2.14 bits per heavy atom. The molecule has 0 aliphatic heterocycles. The molecule has 0 saturated carbocycles. The summed E-state index contributed by atoms with van der Waals surface area (Å²) in [4.78, 5) is 9.03. The Balaban J connectivity index is 2.65. The van der Waals surface area contributed by atoms with Gasteiger partial charge in [0.25, 0.3) is 0 Å². The second-order valence-electron chi connectivity index (χ2n) is 5.20. The van der Waals surface area contributed by atoms with Gasteiger partial charge >= 0.3 is 0 Å². The summed E-state index contributed by atoms with van der Waals surface area (Å²) in [6.07, 6.45) is 0. The number of aryl methyl sites for hydroxylation is 4. The average Bonchev–Trinajstić information content (AvgIpc) is 2.36. The Labute approximate surface area is 130 Å². The Bertz CT molecular complexity index is 677. The van der Waals surface area contributed by atoms with Crippen molar-refractivity contribution in [1.29, 1.82) is 0 Å². The number of nitrogens with zero attached hydrogens (tertiary/aromatic N) is 2. The third kappa shape index (κ3) is 2.93. The first-order valence-electron chi connectivity index (χ1n) is 6.70. The number of benzene rings is 1. The molecule has 21 heavy (non-hydrogen) atoms. The number of rotatable bonds is 3. The predicted molar refractivity (Wildman–Crippen MR) is 87.5 cm³/mol. The van der Waals surface area contributed by atoms with Crippen LogP contribution in [0.5, 0.6) is 0 Å². The van der Waals surface area contributed by atoms with E-state index in [1.54, 1.807) is 7.11 Å². The number of methoxy groups -OCH3 is 1. The lowest BCUT2D eigenvalue weighted by atomic mass is 9.99. The van der Waals surface area contributed by atoms with Crippen molar-refractivity contribution in [1.82, 2.24) is 9.97 Å². The monoisotopic (exact) mass is 302 g/mol. The summed E-state index contributed by atoms with van der Waals surface area (Å²) in [6.45, 7) is 11.9. The van der Waals surface area contributed by atoms with E-state index in [4.69, 9.17) is 16.3 Å². The van der Waals surface area contributed by atoms with Gasteiger partial charge in [0.1, 0.15) is 10.9 Å². The van der Waals surface area contributed by atoms with Crippen molar-refractivity contribution in [2.24, 2.45) is 0 Å². The highest BCUT2D eigenvalue weighted by molar-refractivity contribution is 6.31. The summed E-state index contributed by atoms with van der Waals surface area (Å²) < 4.78 is 5.15. The van der Waals surface area contributed by atoms with Gasteiger partial charge in [-0.3, -0.25) is 0 Å². The molecule has 3 nitrogen and oxygen atoms in total. The topological polar surface area (TPSA) is 35.0 Å². The number of ether oxygens (including phenoxy) is 1. The van der Waals surface area contributed by atoms with Crippen molar-refractivity contribution in [3.8, 4) is 11.4 Å². The minimum atomic E-state index is 0.365. The van der Waals surface area contributed by atoms with Gasteiger partial charge in [-0.05, 0) is 38.8 Å². The van der Waals surface area contributed by atoms with E-state index in [1.165, 1.54) is 5.56 Å². The highest BCUT2D eigenvalue weighted by Gasteiger charge is 2.16. The zero-order valence-electron chi connectivity index (χ0n) is 13.0. The first-order chi connectivity index (χ1) is 9.85. The molecule has 4 heteroatoms. The van der Waals surface area contributed by atoms with Crippen molar-refractivity contribution >= 4 is 17.4 Å². The van der Waals surface area contributed by atoms with Gasteiger partial charge in [-0.15, -0.1) is 0 Å². The van der Waals surface area contributed by atoms with Gasteiger partial charge in [-0.25, -0.2) is 9.97 Å². The largest absolute Gasteiger partial charge is 0.497 e. The molecule has 110 valence electrons. The lowest BCUT2D eigenvalue weighted by Crippen LogP contribution is -2.02. The van der Waals surface area contributed by atoms with E-state index in [9.17, 15) is 0 Å². The normalized spacial score (nSPS) is 10.6. The van der Waals surface area contributed by atoms with Crippen LogP contribution in [0.4, 0.5) is 0 Å². The Morgan fingerprint density at radius 1 is 1.10 bits per heavy atom. The van der Waals surface area contributed by atoms with Crippen molar-refractivity contribution in [3.05, 3.63) is 51.8 Å². The summed E-state index contributed by atoms with van der Waals surface area (Å²) in [5, 5.41) is 0.365. The Hall–Kier alpha value is -1.87. The van der Waals surface area contributed by atoms with Crippen LogP contribution in [0.25, 0.3) is 17.1 Å². The van der Waals surface area contributed by atoms with Gasteiger partial charge in [-0.1, -0.05) is 35.9 Å². The van der Waals surface area contributed by atoms with Gasteiger partial charge in [0.05, 0.1) is 18.4 Å². The maximum Gasteiger partial charge on any atom is 0.161 e. The highest BCUT2D eigenvalue weighted by atomic mass is 35.5. The predicted octanol–water partition coefficient (Wildman–Crippen LogP) is 4.65. The molecule has 0 N–H and O–H groups in total. The first kappa shape index (κ1) is 15.5. The molecule has 1 aromatic carbocycles. The fraction of sp³-hybridized carbons (Fsp3) is 0.294. The molecule has 0 fully saturated rings. The summed E-state index contributed by atoms with van der Waals surface area (Å²) >= 11 is 6.30. The molecular weight excluding hydrogens is 284 g/mol. The van der Waals surface area contributed by atoms with Gasteiger partial charge in [-0.2, -0.15) is 0 Å². The number of halogens is 1. The molecule has 0 aliphatic rings. The minimum absolute atomic E-state index is 0.365. The molecule has 2 aromatic rings. The van der Waals surface area contributed by atoms with E-state index in [0.717, 1.165) is 22.4 Å². The van der Waals surface area contributed by atoms with E-state index >= 15 is 0 Å². The highest BCUT2D eigenvalue weighted by Crippen LogP contribution is 2.30. The second kappa shape index (κ2) is 5.86. The molecule has 0 amide bonds. The molecule has 1 heterocycles. The molecule has 0 aliphatic carbocycles. The summed E-state index contributed by atoms with van der Waals surface area (Å²) in [5.41, 5.74) is 5.95. The fourth-order valence-corrected chi connectivity index (χ4v) is 2.92. The molecule has 0 bridgehead atoms. The zero-order chi connectivity index (χ0) is 15.7. The van der Waals surface area contributed by atoms with Gasteiger partial charge < -0.3 is 4.74 Å². The molecule has 1 aromatic heterocycles. The third-order valence-electron chi connectivity index (χ3n) is 3.47. The standard InChI is InChI=1S/C17H19ClN2O/c1-9-7-10(2)14(11(3)8-9)17-19-12(4)15(13(5)21-6)16(18)20-17/h7-8H,5H2,1-4,6H3. The van der Waals surface area contributed by atoms with Crippen molar-refractivity contribution in [2.45, 2.75) is 27.7 Å². The molecule has 0 unspecified atom stereocenters. The maximum atomic E-state index is 6.30. The molecule has 0 spiro atoms. The average molecular weight is 303 g/mol. The van der Waals surface area contributed by atoms with E-state index in [2.05, 4.69) is 49.5 Å². The Kier molecular flexibility index (Phi) is 4.33. The maximum absolute atomic E-state index is 6.30. The number of hydrogen-bond donors (Lipinski definition) is 0. The Morgan fingerprint density at radius 2 is 1.67 bits per heavy atom. The van der Waals surface area contributed by atoms with Crippen LogP contribution in [0.15, 0.2) is 18.7 Å². The quantitative estimate of drug-likeness (QED) is 0.611. The molecule has 0 saturated heterocycles. The van der Waals surface area contributed by atoms with Crippen LogP contribution >= 0.6 is 11.6 Å². The smallest absolute Gasteiger partial charge is 0.161 e. The van der Waals surface area contributed by atoms with Crippen LogP contribution in [0.3, 0.4) is 0 Å². The van der Waals surface area contributed by atoms with Crippen molar-refractivity contribution in [2.75, 3.05) is 7.11 Å². The second-order valence-corrected chi connectivity index (χ2v) is 5.56. The third-order valence-corrected chi connectivity index (χ3v) is 3.75. The molecular formula is C17H19ClN2O. The number of aromatic nitrogens is 2. The summed E-state index contributed by atoms with van der Waals surface area (Å²) in [7, 11) is 1.56. The van der Waals surface area contributed by atoms with Gasteiger partial charge in [0.2, 0.25) is 0 Å². The van der Waals surface area contributed by atoms with Crippen LogP contribution in [-0.4, -0.2) is 17.1 Å².